The van der Waals surface area contributed by atoms with E-state index in [1.807, 2.05) is 11.6 Å². The molecule has 2 aromatic rings. The summed E-state index contributed by atoms with van der Waals surface area (Å²) in [6, 6.07) is 0.293. The molecule has 0 saturated carbocycles. The Morgan fingerprint density at radius 2 is 2.40 bits per heavy atom. The molecule has 2 atom stereocenters. The van der Waals surface area contributed by atoms with Crippen LogP contribution in [0.25, 0.3) is 0 Å². The van der Waals surface area contributed by atoms with Crippen molar-refractivity contribution in [2.24, 2.45) is 0 Å². The molecule has 0 unspecified atom stereocenters. The second-order valence-electron chi connectivity index (χ2n) is 5.35. The Balaban J connectivity index is 1.46. The predicted molar refractivity (Wildman–Crippen MR) is 66.6 cm³/mol. The number of piperidine rings is 1. The molecule has 0 N–H and O–H groups in total. The number of hydrogen-bond acceptors (Lipinski definition) is 7. The Bertz CT molecular complexity index is 609. The molecule has 2 aliphatic rings. The molecule has 0 aliphatic carbocycles. The van der Waals surface area contributed by atoms with Gasteiger partial charge in [0.15, 0.2) is 5.82 Å². The summed E-state index contributed by atoms with van der Waals surface area (Å²) in [6.45, 7) is 4.91. The third kappa shape index (κ3) is 2.01. The van der Waals surface area contributed by atoms with Crippen LogP contribution in [0, 0.1) is 6.92 Å². The van der Waals surface area contributed by atoms with Gasteiger partial charge in [-0.1, -0.05) is 10.4 Å². The number of nitrogens with zero attached hydrogens (tertiary/aromatic N) is 6. The van der Waals surface area contributed by atoms with Gasteiger partial charge in [0, 0.05) is 13.1 Å². The number of ether oxygens (including phenoxy) is 1. The van der Waals surface area contributed by atoms with E-state index in [1.54, 1.807) is 6.20 Å². The molecule has 20 heavy (non-hydrogen) atoms. The molecule has 1 fully saturated rings. The van der Waals surface area contributed by atoms with Crippen LogP contribution in [0.2, 0.25) is 0 Å². The fourth-order valence-electron chi connectivity index (χ4n) is 2.99. The van der Waals surface area contributed by atoms with Crippen molar-refractivity contribution in [1.82, 2.24) is 30.0 Å². The van der Waals surface area contributed by atoms with E-state index >= 15 is 0 Å². The summed E-state index contributed by atoms with van der Waals surface area (Å²) in [5.74, 6) is 1.34. The van der Waals surface area contributed by atoms with E-state index in [2.05, 4.69) is 25.4 Å². The molecule has 106 valence electrons. The standard InChI is InChI=1S/C12H16N6O2/c1-8-14-12(20-15-8)6-17-3-2-10-11(5-17)19-7-9-4-13-16-18(9)10/h4,10-11H,2-3,5-7H2,1H3/t10-,11-/m0/s1. The van der Waals surface area contributed by atoms with Crippen molar-refractivity contribution in [2.45, 2.75) is 38.6 Å². The van der Waals surface area contributed by atoms with Crippen molar-refractivity contribution < 1.29 is 9.26 Å². The van der Waals surface area contributed by atoms with Gasteiger partial charge in [-0.25, -0.2) is 4.68 Å². The minimum atomic E-state index is 0.155. The van der Waals surface area contributed by atoms with Gasteiger partial charge in [-0.15, -0.1) is 5.10 Å². The lowest BCUT2D eigenvalue weighted by atomic mass is 10.0. The number of aryl methyl sites for hydroxylation is 1. The zero-order valence-electron chi connectivity index (χ0n) is 11.3. The fourth-order valence-corrected chi connectivity index (χ4v) is 2.99. The van der Waals surface area contributed by atoms with Gasteiger partial charge < -0.3 is 9.26 Å². The molecule has 0 amide bonds. The summed E-state index contributed by atoms with van der Waals surface area (Å²) >= 11 is 0. The molecule has 8 heteroatoms. The molecule has 2 aromatic heterocycles. The largest absolute Gasteiger partial charge is 0.368 e. The lowest BCUT2D eigenvalue weighted by molar-refractivity contribution is -0.0717. The smallest absolute Gasteiger partial charge is 0.240 e. The summed E-state index contributed by atoms with van der Waals surface area (Å²) in [5.41, 5.74) is 1.06. The van der Waals surface area contributed by atoms with Crippen LogP contribution in [-0.4, -0.2) is 49.2 Å². The highest BCUT2D eigenvalue weighted by Crippen LogP contribution is 2.30. The lowest BCUT2D eigenvalue weighted by Gasteiger charge is -2.40. The SMILES string of the molecule is Cc1noc(CN2CC[C@H]3[C@H](C2)OCc2cnnn23)n1. The van der Waals surface area contributed by atoms with Gasteiger partial charge in [0.2, 0.25) is 5.89 Å². The Morgan fingerprint density at radius 1 is 1.45 bits per heavy atom. The Morgan fingerprint density at radius 3 is 3.25 bits per heavy atom. The van der Waals surface area contributed by atoms with Gasteiger partial charge in [-0.05, 0) is 13.3 Å². The third-order valence-electron chi connectivity index (χ3n) is 3.95. The number of aromatic nitrogens is 5. The van der Waals surface area contributed by atoms with Gasteiger partial charge >= 0.3 is 0 Å². The molecule has 8 nitrogen and oxygen atoms in total. The topological polar surface area (TPSA) is 82.1 Å². The number of rotatable bonds is 2. The van der Waals surface area contributed by atoms with Crippen LogP contribution in [0.5, 0.6) is 0 Å². The van der Waals surface area contributed by atoms with Crippen molar-refractivity contribution in [2.75, 3.05) is 13.1 Å². The van der Waals surface area contributed by atoms with Crippen LogP contribution >= 0.6 is 0 Å². The zero-order chi connectivity index (χ0) is 13.5. The minimum absolute atomic E-state index is 0.155. The quantitative estimate of drug-likeness (QED) is 0.781. The van der Waals surface area contributed by atoms with E-state index < -0.39 is 0 Å². The van der Waals surface area contributed by atoms with Crippen molar-refractivity contribution in [3.05, 3.63) is 23.6 Å². The van der Waals surface area contributed by atoms with Crippen molar-refractivity contribution in [3.8, 4) is 0 Å². The first-order valence-electron chi connectivity index (χ1n) is 6.82. The summed E-state index contributed by atoms with van der Waals surface area (Å²) < 4.78 is 13.1. The molecule has 0 bridgehead atoms. The van der Waals surface area contributed by atoms with Gasteiger partial charge in [0.25, 0.3) is 0 Å². The first-order valence-corrected chi connectivity index (χ1v) is 6.82. The van der Waals surface area contributed by atoms with E-state index in [9.17, 15) is 0 Å². The first-order chi connectivity index (χ1) is 9.79. The normalized spacial score (nSPS) is 26.2. The average Bonchev–Trinajstić information content (AvgIpc) is 3.07. The molecular weight excluding hydrogens is 260 g/mol. The fraction of sp³-hybridized carbons (Fsp3) is 0.667. The second-order valence-corrected chi connectivity index (χ2v) is 5.35. The van der Waals surface area contributed by atoms with E-state index in [0.29, 0.717) is 30.9 Å². The van der Waals surface area contributed by atoms with Crippen LogP contribution in [0.15, 0.2) is 10.7 Å². The Hall–Kier alpha value is -1.80. The maximum absolute atomic E-state index is 5.93. The maximum Gasteiger partial charge on any atom is 0.240 e. The predicted octanol–water partition coefficient (Wildman–Crippen LogP) is 0.315. The highest BCUT2D eigenvalue weighted by molar-refractivity contribution is 5.01. The number of hydrogen-bond donors (Lipinski definition) is 0. The Kier molecular flexibility index (Phi) is 2.78. The van der Waals surface area contributed by atoms with Crippen molar-refractivity contribution in [1.29, 1.82) is 0 Å². The van der Waals surface area contributed by atoms with Gasteiger partial charge in [0.05, 0.1) is 37.2 Å². The molecule has 2 aliphatic heterocycles. The molecule has 4 rings (SSSR count). The van der Waals surface area contributed by atoms with Gasteiger partial charge in [-0.2, -0.15) is 4.98 Å². The van der Waals surface area contributed by atoms with Gasteiger partial charge in [-0.3, -0.25) is 4.90 Å². The lowest BCUT2D eigenvalue weighted by Crippen LogP contribution is -2.48. The van der Waals surface area contributed by atoms with Gasteiger partial charge in [0.1, 0.15) is 0 Å². The molecule has 1 saturated heterocycles. The molecule has 0 radical (unpaired) electrons. The molecule has 4 heterocycles. The van der Waals surface area contributed by atoms with Crippen LogP contribution in [0.4, 0.5) is 0 Å². The summed E-state index contributed by atoms with van der Waals surface area (Å²) in [5, 5.41) is 12.0. The van der Waals surface area contributed by atoms with E-state index in [-0.39, 0.29) is 6.10 Å². The van der Waals surface area contributed by atoms with Crippen LogP contribution in [0.1, 0.15) is 29.9 Å². The highest BCUT2D eigenvalue weighted by atomic mass is 16.5. The number of fused-ring (bicyclic) bond motifs is 3. The minimum Gasteiger partial charge on any atom is -0.368 e. The zero-order valence-corrected chi connectivity index (χ0v) is 11.3. The van der Waals surface area contributed by atoms with E-state index in [1.165, 1.54) is 0 Å². The molecule has 0 spiro atoms. The third-order valence-corrected chi connectivity index (χ3v) is 3.95. The summed E-state index contributed by atoms with van der Waals surface area (Å²) in [4.78, 5) is 6.54. The summed E-state index contributed by atoms with van der Waals surface area (Å²) in [7, 11) is 0. The van der Waals surface area contributed by atoms with Crippen molar-refractivity contribution in [3.63, 3.8) is 0 Å². The average molecular weight is 276 g/mol. The van der Waals surface area contributed by atoms with E-state index in [0.717, 1.165) is 25.2 Å². The molecule has 0 aromatic carbocycles. The highest BCUT2D eigenvalue weighted by Gasteiger charge is 2.36. The Labute approximate surface area is 115 Å². The monoisotopic (exact) mass is 276 g/mol. The van der Waals surface area contributed by atoms with E-state index in [4.69, 9.17) is 9.26 Å². The molecular formula is C12H16N6O2. The maximum atomic E-state index is 5.93. The second kappa shape index (κ2) is 4.64. The number of likely N-dealkylation sites (tertiary alicyclic amines) is 1. The first kappa shape index (κ1) is 12.0. The van der Waals surface area contributed by atoms with Crippen LogP contribution in [-0.2, 0) is 17.9 Å². The van der Waals surface area contributed by atoms with Crippen LogP contribution < -0.4 is 0 Å². The van der Waals surface area contributed by atoms with Crippen molar-refractivity contribution >= 4 is 0 Å². The summed E-state index contributed by atoms with van der Waals surface area (Å²) in [6.07, 6.45) is 2.93. The van der Waals surface area contributed by atoms with Crippen LogP contribution in [0.3, 0.4) is 0 Å².